The molecule has 0 aliphatic rings. The number of hydrogen-bond donors (Lipinski definition) is 0. The summed E-state index contributed by atoms with van der Waals surface area (Å²) in [5.74, 6) is 0. The Bertz CT molecular complexity index is 377. The zero-order valence-corrected chi connectivity index (χ0v) is 9.47. The van der Waals surface area contributed by atoms with Crippen LogP contribution in [-0.2, 0) is 28.6 Å². The van der Waals surface area contributed by atoms with Gasteiger partial charge in [-0.25, -0.2) is 0 Å². The summed E-state index contributed by atoms with van der Waals surface area (Å²) in [4.78, 5) is 0. The van der Waals surface area contributed by atoms with Crippen LogP contribution in [0.1, 0.15) is 6.42 Å². The van der Waals surface area contributed by atoms with Crippen molar-refractivity contribution in [3.05, 3.63) is 12.3 Å². The Labute approximate surface area is 83.8 Å². The van der Waals surface area contributed by atoms with Crippen molar-refractivity contribution in [3.8, 4) is 0 Å². The van der Waals surface area contributed by atoms with Crippen molar-refractivity contribution < 1.29 is 25.2 Å². The first-order valence-electron chi connectivity index (χ1n) is 3.58. The second kappa shape index (κ2) is 5.32. The first kappa shape index (κ1) is 13.4. The van der Waals surface area contributed by atoms with Gasteiger partial charge >= 0.3 is 10.1 Å². The normalized spacial score (nSPS) is 13.3. The highest BCUT2D eigenvalue weighted by molar-refractivity contribution is 7.86. The van der Waals surface area contributed by atoms with E-state index >= 15 is 0 Å². The summed E-state index contributed by atoms with van der Waals surface area (Å²) in [6.07, 6.45) is 4.42. The SMILES string of the molecule is CS(=O)(=O)O/C=C/CCOS(C)(=O)=O. The summed E-state index contributed by atoms with van der Waals surface area (Å²) in [6, 6.07) is 0. The quantitative estimate of drug-likeness (QED) is 0.366. The van der Waals surface area contributed by atoms with Gasteiger partial charge in [-0.3, -0.25) is 4.18 Å². The summed E-state index contributed by atoms with van der Waals surface area (Å²) in [7, 11) is -6.92. The van der Waals surface area contributed by atoms with Crippen molar-refractivity contribution in [2.75, 3.05) is 19.1 Å². The molecule has 0 fully saturated rings. The second-order valence-corrected chi connectivity index (χ2v) is 5.73. The minimum absolute atomic E-state index is 0.0392. The Kier molecular flexibility index (Phi) is 5.09. The van der Waals surface area contributed by atoms with Gasteiger partial charge in [-0.15, -0.1) is 0 Å². The first-order valence-corrected chi connectivity index (χ1v) is 7.22. The van der Waals surface area contributed by atoms with E-state index in [1.165, 1.54) is 6.08 Å². The maximum Gasteiger partial charge on any atom is 0.305 e. The van der Waals surface area contributed by atoms with Crippen molar-refractivity contribution in [2.45, 2.75) is 6.42 Å². The average Bonchev–Trinajstić information content (AvgIpc) is 1.92. The molecule has 0 heterocycles. The van der Waals surface area contributed by atoms with Crippen molar-refractivity contribution in [3.63, 3.8) is 0 Å². The molecule has 0 spiro atoms. The van der Waals surface area contributed by atoms with E-state index in [-0.39, 0.29) is 13.0 Å². The van der Waals surface area contributed by atoms with Crippen LogP contribution in [0.2, 0.25) is 0 Å². The molecule has 0 N–H and O–H groups in total. The molecule has 0 aliphatic carbocycles. The standard InChI is InChI=1S/C6H12O6S2/c1-13(7,8)11-5-3-4-6-12-14(2,9)10/h3,5H,4,6H2,1-2H3/b5-3+. The Morgan fingerprint density at radius 1 is 1.07 bits per heavy atom. The van der Waals surface area contributed by atoms with Crippen LogP contribution in [0, 0.1) is 0 Å². The lowest BCUT2D eigenvalue weighted by Crippen LogP contribution is -2.03. The van der Waals surface area contributed by atoms with E-state index in [1.807, 2.05) is 0 Å². The summed E-state index contributed by atoms with van der Waals surface area (Å²) in [5, 5.41) is 0. The van der Waals surface area contributed by atoms with Crippen LogP contribution < -0.4 is 0 Å². The maximum absolute atomic E-state index is 10.4. The second-order valence-electron chi connectivity index (χ2n) is 2.49. The molecule has 14 heavy (non-hydrogen) atoms. The molecule has 0 radical (unpaired) electrons. The fourth-order valence-electron chi connectivity index (χ4n) is 0.476. The van der Waals surface area contributed by atoms with Gasteiger partial charge in [0.2, 0.25) is 0 Å². The number of hydrogen-bond acceptors (Lipinski definition) is 6. The zero-order chi connectivity index (χ0) is 11.2. The molecule has 0 bridgehead atoms. The predicted octanol–water partition coefficient (Wildman–Crippen LogP) is -0.157. The lowest BCUT2D eigenvalue weighted by Gasteiger charge is -1.97. The highest BCUT2D eigenvalue weighted by Crippen LogP contribution is 1.93. The zero-order valence-electron chi connectivity index (χ0n) is 7.83. The van der Waals surface area contributed by atoms with Crippen molar-refractivity contribution in [1.82, 2.24) is 0 Å². The van der Waals surface area contributed by atoms with E-state index in [0.717, 1.165) is 18.8 Å². The maximum atomic E-state index is 10.4. The van der Waals surface area contributed by atoms with Gasteiger partial charge in [-0.1, -0.05) is 0 Å². The molecule has 0 amide bonds. The van der Waals surface area contributed by atoms with Crippen LogP contribution in [0.3, 0.4) is 0 Å². The van der Waals surface area contributed by atoms with Crippen LogP contribution in [0.25, 0.3) is 0 Å². The third kappa shape index (κ3) is 11.4. The molecule has 0 saturated heterocycles. The largest absolute Gasteiger partial charge is 0.391 e. The van der Waals surface area contributed by atoms with Gasteiger partial charge in [0.15, 0.2) is 0 Å². The highest BCUT2D eigenvalue weighted by atomic mass is 32.2. The minimum atomic E-state index is -3.49. The Hall–Kier alpha value is -0.600. The molecule has 0 aliphatic heterocycles. The van der Waals surface area contributed by atoms with E-state index in [0.29, 0.717) is 0 Å². The Balaban J connectivity index is 3.66. The molecular weight excluding hydrogens is 232 g/mol. The van der Waals surface area contributed by atoms with Gasteiger partial charge in [0, 0.05) is 0 Å². The van der Waals surface area contributed by atoms with Crippen LogP contribution in [-0.4, -0.2) is 36.0 Å². The topological polar surface area (TPSA) is 86.7 Å². The number of rotatable bonds is 6. The predicted molar refractivity (Wildman–Crippen MR) is 50.5 cm³/mol. The smallest absolute Gasteiger partial charge is 0.305 e. The van der Waals surface area contributed by atoms with E-state index in [4.69, 9.17) is 0 Å². The Morgan fingerprint density at radius 3 is 2.07 bits per heavy atom. The van der Waals surface area contributed by atoms with Gasteiger partial charge in [0.25, 0.3) is 10.1 Å². The molecular formula is C6H12O6S2. The van der Waals surface area contributed by atoms with Gasteiger partial charge in [0.05, 0.1) is 19.1 Å². The van der Waals surface area contributed by atoms with Crippen molar-refractivity contribution in [1.29, 1.82) is 0 Å². The van der Waals surface area contributed by atoms with Crippen molar-refractivity contribution in [2.24, 2.45) is 0 Å². The van der Waals surface area contributed by atoms with Gasteiger partial charge in [-0.2, -0.15) is 16.8 Å². The van der Waals surface area contributed by atoms with E-state index in [9.17, 15) is 16.8 Å². The molecule has 6 nitrogen and oxygen atoms in total. The van der Waals surface area contributed by atoms with E-state index in [1.54, 1.807) is 0 Å². The van der Waals surface area contributed by atoms with E-state index < -0.39 is 20.2 Å². The molecule has 0 aromatic heterocycles. The van der Waals surface area contributed by atoms with Crippen LogP contribution in [0.5, 0.6) is 0 Å². The van der Waals surface area contributed by atoms with Crippen LogP contribution >= 0.6 is 0 Å². The van der Waals surface area contributed by atoms with Gasteiger partial charge in [0.1, 0.15) is 6.26 Å². The minimum Gasteiger partial charge on any atom is -0.391 e. The molecule has 84 valence electrons. The summed E-state index contributed by atoms with van der Waals surface area (Å²) in [6.45, 7) is -0.0392. The summed E-state index contributed by atoms with van der Waals surface area (Å²) in [5.41, 5.74) is 0. The first-order chi connectivity index (χ1) is 6.21. The van der Waals surface area contributed by atoms with Crippen LogP contribution in [0.15, 0.2) is 12.3 Å². The summed E-state index contributed by atoms with van der Waals surface area (Å²) >= 11 is 0. The lowest BCUT2D eigenvalue weighted by atomic mass is 10.5. The molecule has 0 atom stereocenters. The molecule has 0 aromatic rings. The Morgan fingerprint density at radius 2 is 1.64 bits per heavy atom. The third-order valence-corrected chi connectivity index (χ3v) is 1.96. The average molecular weight is 244 g/mol. The van der Waals surface area contributed by atoms with Gasteiger partial charge < -0.3 is 4.18 Å². The molecule has 0 unspecified atom stereocenters. The lowest BCUT2D eigenvalue weighted by molar-refractivity contribution is 0.327. The summed E-state index contributed by atoms with van der Waals surface area (Å²) < 4.78 is 50.4. The van der Waals surface area contributed by atoms with Crippen molar-refractivity contribution >= 4 is 20.2 Å². The third-order valence-electron chi connectivity index (χ3n) is 0.909. The highest BCUT2D eigenvalue weighted by Gasteiger charge is 1.99. The van der Waals surface area contributed by atoms with Gasteiger partial charge in [-0.05, 0) is 12.5 Å². The fourth-order valence-corrected chi connectivity index (χ4v) is 1.16. The van der Waals surface area contributed by atoms with E-state index in [2.05, 4.69) is 8.37 Å². The van der Waals surface area contributed by atoms with Crippen LogP contribution in [0.4, 0.5) is 0 Å². The molecule has 8 heteroatoms. The molecule has 0 aromatic carbocycles. The monoisotopic (exact) mass is 244 g/mol. The molecule has 0 rings (SSSR count). The molecule has 0 saturated carbocycles. The fraction of sp³-hybridized carbons (Fsp3) is 0.667.